The van der Waals surface area contributed by atoms with Gasteiger partial charge in [0, 0.05) is 42.5 Å². The van der Waals surface area contributed by atoms with E-state index in [-0.39, 0.29) is 11.7 Å². The van der Waals surface area contributed by atoms with E-state index in [1.54, 1.807) is 18.7 Å². The summed E-state index contributed by atoms with van der Waals surface area (Å²) in [7, 11) is 0. The molecule has 1 aliphatic rings. The normalized spacial score (nSPS) is 15.1. The lowest BCUT2D eigenvalue weighted by atomic mass is 10.0. The van der Waals surface area contributed by atoms with Crippen LogP contribution in [0.2, 0.25) is 0 Å². The summed E-state index contributed by atoms with van der Waals surface area (Å²) in [4.78, 5) is 16.3. The molecular formula is C23H24F3N5O2. The lowest BCUT2D eigenvalue weighted by Gasteiger charge is -2.38. The predicted octanol–water partition coefficient (Wildman–Crippen LogP) is 3.58. The largest absolute Gasteiger partial charge is 0.573 e. The Morgan fingerprint density at radius 2 is 1.55 bits per heavy atom. The van der Waals surface area contributed by atoms with E-state index in [4.69, 9.17) is 5.73 Å². The average molecular weight is 459 g/mol. The number of carbonyl (C=O) groups excluding carboxylic acids is 1. The van der Waals surface area contributed by atoms with Crippen molar-refractivity contribution < 1.29 is 22.7 Å². The highest BCUT2D eigenvalue weighted by Crippen LogP contribution is 2.33. The van der Waals surface area contributed by atoms with Crippen molar-refractivity contribution in [3.63, 3.8) is 0 Å². The SMILES string of the molecule is CC(C)(N)C(=O)N1CCN(c2nnc(-c3ccc(OC(F)(F)F)cc3)c3ccccc23)CC1. The van der Waals surface area contributed by atoms with E-state index in [0.717, 1.165) is 10.8 Å². The van der Waals surface area contributed by atoms with Crippen molar-refractivity contribution in [2.24, 2.45) is 5.73 Å². The summed E-state index contributed by atoms with van der Waals surface area (Å²) < 4.78 is 41.3. The molecule has 0 bridgehead atoms. The summed E-state index contributed by atoms with van der Waals surface area (Å²) >= 11 is 0. The molecule has 0 spiro atoms. The van der Waals surface area contributed by atoms with Crippen LogP contribution in [-0.2, 0) is 4.79 Å². The van der Waals surface area contributed by atoms with Gasteiger partial charge < -0.3 is 20.3 Å². The Hall–Kier alpha value is -3.40. The van der Waals surface area contributed by atoms with Crippen LogP contribution in [0, 0.1) is 0 Å². The van der Waals surface area contributed by atoms with Gasteiger partial charge in [0.15, 0.2) is 5.82 Å². The first-order valence-electron chi connectivity index (χ1n) is 10.5. The Morgan fingerprint density at radius 3 is 2.12 bits per heavy atom. The number of anilines is 1. The molecule has 1 fully saturated rings. The number of ether oxygens (including phenoxy) is 1. The van der Waals surface area contributed by atoms with Crippen molar-refractivity contribution >= 4 is 22.5 Å². The summed E-state index contributed by atoms with van der Waals surface area (Å²) in [5, 5.41) is 10.5. The molecule has 2 aromatic carbocycles. The Balaban J connectivity index is 1.60. The van der Waals surface area contributed by atoms with E-state index < -0.39 is 11.9 Å². The van der Waals surface area contributed by atoms with Gasteiger partial charge in [-0.25, -0.2) is 0 Å². The fraction of sp³-hybridized carbons (Fsp3) is 0.348. The second-order valence-electron chi connectivity index (χ2n) is 8.49. The fourth-order valence-electron chi connectivity index (χ4n) is 3.88. The Morgan fingerprint density at radius 1 is 0.939 bits per heavy atom. The molecule has 0 aliphatic carbocycles. The standard InChI is InChI=1S/C23H24F3N5O2/c1-22(2,27)21(32)31-13-11-30(12-14-31)20-18-6-4-3-5-17(18)19(28-29-20)15-7-9-16(10-8-15)33-23(24,25)26/h3-10H,11-14,27H2,1-2H3. The summed E-state index contributed by atoms with van der Waals surface area (Å²) in [6, 6.07) is 13.2. The molecule has 33 heavy (non-hydrogen) atoms. The first kappa shape index (κ1) is 22.8. The number of nitrogens with zero attached hydrogens (tertiary/aromatic N) is 4. The van der Waals surface area contributed by atoms with Crippen LogP contribution in [0.15, 0.2) is 48.5 Å². The third-order valence-electron chi connectivity index (χ3n) is 5.45. The molecule has 10 heteroatoms. The first-order valence-corrected chi connectivity index (χ1v) is 10.5. The van der Waals surface area contributed by atoms with Gasteiger partial charge >= 0.3 is 6.36 Å². The summed E-state index contributed by atoms with van der Waals surface area (Å²) in [6.07, 6.45) is -4.75. The molecule has 1 aliphatic heterocycles. The van der Waals surface area contributed by atoms with Gasteiger partial charge in [-0.1, -0.05) is 24.3 Å². The topological polar surface area (TPSA) is 84.6 Å². The van der Waals surface area contributed by atoms with Gasteiger partial charge in [0.25, 0.3) is 0 Å². The number of carbonyl (C=O) groups is 1. The third kappa shape index (κ3) is 5.00. The number of alkyl halides is 3. The van der Waals surface area contributed by atoms with E-state index in [9.17, 15) is 18.0 Å². The zero-order valence-electron chi connectivity index (χ0n) is 18.3. The van der Waals surface area contributed by atoms with Gasteiger partial charge in [0.05, 0.1) is 5.54 Å². The Bertz CT molecular complexity index is 1150. The molecule has 2 heterocycles. The second-order valence-corrected chi connectivity index (χ2v) is 8.49. The van der Waals surface area contributed by atoms with Crippen molar-refractivity contribution in [1.29, 1.82) is 0 Å². The second kappa shape index (κ2) is 8.51. The van der Waals surface area contributed by atoms with Gasteiger partial charge in [-0.2, -0.15) is 0 Å². The maximum atomic E-state index is 12.5. The number of hydrogen-bond acceptors (Lipinski definition) is 6. The number of fused-ring (bicyclic) bond motifs is 1. The molecule has 1 saturated heterocycles. The molecule has 1 aromatic heterocycles. The fourth-order valence-corrected chi connectivity index (χ4v) is 3.88. The van der Waals surface area contributed by atoms with Gasteiger partial charge in [-0.15, -0.1) is 23.4 Å². The van der Waals surface area contributed by atoms with Crippen LogP contribution in [0.3, 0.4) is 0 Å². The quantitative estimate of drug-likeness (QED) is 0.642. The molecule has 174 valence electrons. The predicted molar refractivity (Wildman–Crippen MR) is 119 cm³/mol. The summed E-state index contributed by atoms with van der Waals surface area (Å²) in [6.45, 7) is 5.62. The molecule has 1 amide bonds. The van der Waals surface area contributed by atoms with E-state index in [0.29, 0.717) is 43.3 Å². The lowest BCUT2D eigenvalue weighted by Crippen LogP contribution is -2.57. The molecule has 0 atom stereocenters. The van der Waals surface area contributed by atoms with Gasteiger partial charge in [0.1, 0.15) is 11.4 Å². The summed E-state index contributed by atoms with van der Waals surface area (Å²) in [5.74, 6) is 0.310. The smallest absolute Gasteiger partial charge is 0.406 e. The maximum Gasteiger partial charge on any atom is 0.573 e. The highest BCUT2D eigenvalue weighted by molar-refractivity contribution is 6.00. The average Bonchev–Trinajstić information content (AvgIpc) is 2.77. The summed E-state index contributed by atoms with van der Waals surface area (Å²) in [5.41, 5.74) is 6.22. The zero-order chi connectivity index (χ0) is 23.8. The molecule has 7 nitrogen and oxygen atoms in total. The number of piperazine rings is 1. The van der Waals surface area contributed by atoms with Crippen molar-refractivity contribution in [2.45, 2.75) is 25.7 Å². The number of rotatable bonds is 4. The van der Waals surface area contributed by atoms with E-state index in [1.807, 2.05) is 24.3 Å². The van der Waals surface area contributed by atoms with E-state index in [1.165, 1.54) is 24.3 Å². The van der Waals surface area contributed by atoms with Crippen LogP contribution < -0.4 is 15.4 Å². The Labute approximate surface area is 188 Å². The number of halogens is 3. The van der Waals surface area contributed by atoms with Crippen molar-refractivity contribution in [3.05, 3.63) is 48.5 Å². The molecule has 0 saturated carbocycles. The van der Waals surface area contributed by atoms with E-state index >= 15 is 0 Å². The molecule has 0 unspecified atom stereocenters. The van der Waals surface area contributed by atoms with Gasteiger partial charge in [0.2, 0.25) is 5.91 Å². The highest BCUT2D eigenvalue weighted by Gasteiger charge is 2.32. The van der Waals surface area contributed by atoms with Crippen LogP contribution in [0.1, 0.15) is 13.8 Å². The highest BCUT2D eigenvalue weighted by atomic mass is 19.4. The molecule has 2 N–H and O–H groups in total. The minimum Gasteiger partial charge on any atom is -0.406 e. The maximum absolute atomic E-state index is 12.5. The lowest BCUT2D eigenvalue weighted by molar-refractivity contribution is -0.274. The minimum atomic E-state index is -4.75. The van der Waals surface area contributed by atoms with Crippen LogP contribution in [0.4, 0.5) is 19.0 Å². The monoisotopic (exact) mass is 459 g/mol. The number of hydrogen-bond donors (Lipinski definition) is 1. The number of aromatic nitrogens is 2. The number of benzene rings is 2. The first-order chi connectivity index (χ1) is 15.5. The number of amides is 1. The molecule has 4 rings (SSSR count). The van der Waals surface area contributed by atoms with Crippen molar-refractivity contribution in [3.8, 4) is 17.0 Å². The van der Waals surface area contributed by atoms with Crippen LogP contribution in [0.5, 0.6) is 5.75 Å². The number of nitrogens with two attached hydrogens (primary N) is 1. The van der Waals surface area contributed by atoms with Gasteiger partial charge in [-0.3, -0.25) is 4.79 Å². The molecular weight excluding hydrogens is 435 g/mol. The van der Waals surface area contributed by atoms with Gasteiger partial charge in [-0.05, 0) is 38.1 Å². The van der Waals surface area contributed by atoms with Crippen molar-refractivity contribution in [1.82, 2.24) is 15.1 Å². The molecule has 0 radical (unpaired) electrons. The van der Waals surface area contributed by atoms with Crippen LogP contribution in [-0.4, -0.2) is 59.1 Å². The third-order valence-corrected chi connectivity index (χ3v) is 5.45. The van der Waals surface area contributed by atoms with E-state index in [2.05, 4.69) is 19.8 Å². The molecule has 3 aromatic rings. The minimum absolute atomic E-state index is 0.0913. The zero-order valence-corrected chi connectivity index (χ0v) is 18.3. The Kier molecular flexibility index (Phi) is 5.87. The van der Waals surface area contributed by atoms with Crippen LogP contribution >= 0.6 is 0 Å². The van der Waals surface area contributed by atoms with Crippen LogP contribution in [0.25, 0.3) is 22.0 Å². The van der Waals surface area contributed by atoms with Crippen molar-refractivity contribution in [2.75, 3.05) is 31.1 Å².